The number of hydrogen-bond acceptors (Lipinski definition) is 7. The third-order valence-corrected chi connectivity index (χ3v) is 5.04. The van der Waals surface area contributed by atoms with Crippen LogP contribution in [0.3, 0.4) is 0 Å². The van der Waals surface area contributed by atoms with Gasteiger partial charge in [-0.15, -0.1) is 0 Å². The Morgan fingerprint density at radius 1 is 0.966 bits per heavy atom. The molecule has 2 aromatic carbocycles. The van der Waals surface area contributed by atoms with Gasteiger partial charge in [0.05, 0.1) is 47.8 Å². The van der Waals surface area contributed by atoms with Crippen molar-refractivity contribution < 1.29 is 33.9 Å². The van der Waals surface area contributed by atoms with Crippen LogP contribution in [0.2, 0.25) is 0 Å². The summed E-state index contributed by atoms with van der Waals surface area (Å²) in [5, 5.41) is 20.3. The molecule has 0 spiro atoms. The van der Waals surface area contributed by atoms with Crippen molar-refractivity contribution in [3.63, 3.8) is 0 Å². The fourth-order valence-electron chi connectivity index (χ4n) is 3.58. The van der Waals surface area contributed by atoms with Crippen LogP contribution in [0.15, 0.2) is 35.9 Å². The molecule has 156 valence electrons. The first-order valence-corrected chi connectivity index (χ1v) is 9.16. The molecule has 2 aromatic rings. The maximum Gasteiger partial charge on any atom is 0.203 e. The van der Waals surface area contributed by atoms with Crippen molar-refractivity contribution in [1.29, 1.82) is 0 Å². The van der Waals surface area contributed by atoms with Gasteiger partial charge >= 0.3 is 0 Å². The van der Waals surface area contributed by atoms with Crippen LogP contribution < -0.4 is 18.9 Å². The highest BCUT2D eigenvalue weighted by atomic mass is 16.5. The molecule has 0 unspecified atom stereocenters. The highest BCUT2D eigenvalue weighted by Gasteiger charge is 2.34. The van der Waals surface area contributed by atoms with Gasteiger partial charge < -0.3 is 33.9 Å². The van der Waals surface area contributed by atoms with E-state index in [0.29, 0.717) is 29.4 Å². The van der Waals surface area contributed by atoms with Crippen molar-refractivity contribution in [3.8, 4) is 28.7 Å². The Balaban J connectivity index is 1.93. The molecule has 0 radical (unpaired) electrons. The summed E-state index contributed by atoms with van der Waals surface area (Å²) in [6.45, 7) is 0.262. The van der Waals surface area contributed by atoms with E-state index in [2.05, 4.69) is 0 Å². The second kappa shape index (κ2) is 9.07. The summed E-state index contributed by atoms with van der Waals surface area (Å²) in [7, 11) is 6.14. The van der Waals surface area contributed by atoms with Crippen molar-refractivity contribution in [2.75, 3.05) is 41.7 Å². The number of aliphatic hydroxyl groups is 1. The van der Waals surface area contributed by atoms with Gasteiger partial charge in [-0.1, -0.05) is 12.1 Å². The number of phenolic OH excluding ortho intramolecular Hbond substituents is 1. The number of benzene rings is 2. The molecule has 1 fully saturated rings. The van der Waals surface area contributed by atoms with E-state index >= 15 is 0 Å². The molecule has 2 atom stereocenters. The normalized spacial score (nSPS) is 20.0. The molecule has 7 heteroatoms. The molecule has 1 heterocycles. The fraction of sp³-hybridized carbons (Fsp3) is 0.364. The van der Waals surface area contributed by atoms with Crippen molar-refractivity contribution in [2.24, 2.45) is 5.92 Å². The quantitative estimate of drug-likeness (QED) is 0.735. The van der Waals surface area contributed by atoms with Crippen molar-refractivity contribution in [2.45, 2.75) is 6.10 Å². The van der Waals surface area contributed by atoms with Gasteiger partial charge in [0, 0.05) is 5.92 Å². The Morgan fingerprint density at radius 2 is 1.69 bits per heavy atom. The molecule has 0 aliphatic carbocycles. The van der Waals surface area contributed by atoms with Crippen LogP contribution in [0.5, 0.6) is 28.7 Å². The van der Waals surface area contributed by atoms with Crippen LogP contribution >= 0.6 is 0 Å². The average molecular weight is 402 g/mol. The average Bonchev–Trinajstić information content (AvgIpc) is 3.15. The summed E-state index contributed by atoms with van der Waals surface area (Å²) in [6.07, 6.45) is 1.56. The molecule has 0 amide bonds. The molecular formula is C22H26O7. The second-order valence-corrected chi connectivity index (χ2v) is 6.63. The van der Waals surface area contributed by atoms with Crippen molar-refractivity contribution in [1.82, 2.24) is 0 Å². The van der Waals surface area contributed by atoms with Crippen molar-refractivity contribution in [3.05, 3.63) is 47.0 Å². The minimum Gasteiger partial charge on any atom is -0.504 e. The summed E-state index contributed by atoms with van der Waals surface area (Å²) in [5.41, 5.74) is 2.56. The number of hydrogen-bond donors (Lipinski definition) is 2. The Morgan fingerprint density at radius 3 is 2.31 bits per heavy atom. The second-order valence-electron chi connectivity index (χ2n) is 6.63. The minimum atomic E-state index is -0.419. The maximum atomic E-state index is 10.3. The lowest BCUT2D eigenvalue weighted by atomic mass is 9.91. The number of methoxy groups -OCH3 is 4. The molecule has 7 nitrogen and oxygen atoms in total. The predicted octanol–water partition coefficient (Wildman–Crippen LogP) is 3.19. The van der Waals surface area contributed by atoms with Crippen LogP contribution in [0, 0.1) is 5.92 Å². The number of ether oxygens (including phenoxy) is 5. The lowest BCUT2D eigenvalue weighted by Crippen LogP contribution is -2.13. The lowest BCUT2D eigenvalue weighted by molar-refractivity contribution is 0.0717. The number of rotatable bonds is 7. The zero-order valence-electron chi connectivity index (χ0n) is 17.0. The Bertz CT molecular complexity index is 891. The monoisotopic (exact) mass is 402 g/mol. The van der Waals surface area contributed by atoms with E-state index in [1.807, 2.05) is 24.3 Å². The summed E-state index contributed by atoms with van der Waals surface area (Å²) in [5.74, 6) is 1.63. The summed E-state index contributed by atoms with van der Waals surface area (Å²) in [4.78, 5) is 0. The standard InChI is InChI=1S/C22H26O7/c1-25-18-6-5-13(8-19(18)26-2)7-15-12-29-21(16(15)11-23)14-9-17(24)22(28-4)20(10-14)27-3/h5-10,16,21,23-24H,11-12H2,1-4H3/b15-7+/t16-,21+/m0/s1. The van der Waals surface area contributed by atoms with Gasteiger partial charge in [-0.05, 0) is 41.0 Å². The smallest absolute Gasteiger partial charge is 0.203 e. The molecule has 1 aliphatic heterocycles. The molecule has 29 heavy (non-hydrogen) atoms. The highest BCUT2D eigenvalue weighted by molar-refractivity contribution is 5.60. The SMILES string of the molecule is COc1ccc(/C=C2\CO[C@H](c3cc(O)c(OC)c(OC)c3)[C@H]2CO)cc1OC. The first-order chi connectivity index (χ1) is 14.1. The van der Waals surface area contributed by atoms with Crippen LogP contribution in [0.25, 0.3) is 6.08 Å². The lowest BCUT2D eigenvalue weighted by Gasteiger charge is -2.20. The summed E-state index contributed by atoms with van der Waals surface area (Å²) < 4.78 is 27.1. The predicted molar refractivity (Wildman–Crippen MR) is 108 cm³/mol. The van der Waals surface area contributed by atoms with Crippen LogP contribution in [-0.4, -0.2) is 51.9 Å². The molecule has 0 saturated carbocycles. The molecule has 1 aliphatic rings. The van der Waals surface area contributed by atoms with Gasteiger partial charge in [-0.3, -0.25) is 0 Å². The van der Waals surface area contributed by atoms with E-state index in [9.17, 15) is 10.2 Å². The maximum absolute atomic E-state index is 10.3. The van der Waals surface area contributed by atoms with Gasteiger partial charge in [-0.2, -0.15) is 0 Å². The first-order valence-electron chi connectivity index (χ1n) is 9.16. The van der Waals surface area contributed by atoms with Gasteiger partial charge in [0.15, 0.2) is 23.0 Å². The summed E-state index contributed by atoms with van der Waals surface area (Å²) in [6, 6.07) is 8.95. The first kappa shape index (κ1) is 20.8. The third kappa shape index (κ3) is 4.11. The van der Waals surface area contributed by atoms with Crippen molar-refractivity contribution >= 4 is 6.08 Å². The molecule has 0 aromatic heterocycles. The van der Waals surface area contributed by atoms with E-state index < -0.39 is 6.10 Å². The van der Waals surface area contributed by atoms with Gasteiger partial charge in [-0.25, -0.2) is 0 Å². The molecular weight excluding hydrogens is 376 g/mol. The van der Waals surface area contributed by atoms with Crippen LogP contribution in [-0.2, 0) is 4.74 Å². The molecule has 2 N–H and O–H groups in total. The van der Waals surface area contributed by atoms with Gasteiger partial charge in [0.1, 0.15) is 0 Å². The van der Waals surface area contributed by atoms with E-state index in [-0.39, 0.29) is 24.0 Å². The van der Waals surface area contributed by atoms with Gasteiger partial charge in [0.2, 0.25) is 5.75 Å². The van der Waals surface area contributed by atoms with E-state index in [1.165, 1.54) is 14.2 Å². The highest BCUT2D eigenvalue weighted by Crippen LogP contribution is 2.45. The Labute approximate surface area is 170 Å². The van der Waals surface area contributed by atoms with E-state index in [4.69, 9.17) is 23.7 Å². The van der Waals surface area contributed by atoms with E-state index in [0.717, 1.165) is 11.1 Å². The van der Waals surface area contributed by atoms with Crippen LogP contribution in [0.4, 0.5) is 0 Å². The number of aliphatic hydroxyl groups excluding tert-OH is 1. The topological polar surface area (TPSA) is 86.6 Å². The minimum absolute atomic E-state index is 0.0422. The van der Waals surface area contributed by atoms with E-state index in [1.54, 1.807) is 26.4 Å². The largest absolute Gasteiger partial charge is 0.504 e. The Kier molecular flexibility index (Phi) is 6.51. The number of aromatic hydroxyl groups is 1. The van der Waals surface area contributed by atoms with Crippen LogP contribution in [0.1, 0.15) is 17.2 Å². The molecule has 1 saturated heterocycles. The van der Waals surface area contributed by atoms with Gasteiger partial charge in [0.25, 0.3) is 0 Å². The molecule has 0 bridgehead atoms. The number of phenols is 1. The third-order valence-electron chi connectivity index (χ3n) is 5.04. The molecule has 3 rings (SSSR count). The zero-order valence-corrected chi connectivity index (χ0v) is 17.0. The summed E-state index contributed by atoms with van der Waals surface area (Å²) >= 11 is 0. The zero-order chi connectivity index (χ0) is 21.0. The Hall–Kier alpha value is -2.90. The fourth-order valence-corrected chi connectivity index (χ4v) is 3.58.